The lowest BCUT2D eigenvalue weighted by Crippen LogP contribution is -2.19. The Morgan fingerprint density at radius 3 is 2.46 bits per heavy atom. The molecule has 3 aromatic carbocycles. The molecule has 4 aromatic rings. The molecule has 28 heavy (non-hydrogen) atoms. The molecule has 2 N–H and O–H groups in total. The van der Waals surface area contributed by atoms with Gasteiger partial charge in [-0.2, -0.15) is 0 Å². The molecular weight excluding hydrogens is 478 g/mol. The van der Waals surface area contributed by atoms with Crippen molar-refractivity contribution in [2.75, 3.05) is 10.6 Å². The van der Waals surface area contributed by atoms with Gasteiger partial charge in [0.05, 0.1) is 15.2 Å². The van der Waals surface area contributed by atoms with Crippen molar-refractivity contribution in [3.8, 4) is 0 Å². The molecule has 4 nitrogen and oxygen atoms in total. The number of urea groups is 1. The lowest BCUT2D eigenvalue weighted by molar-refractivity contribution is 0.262. The monoisotopic (exact) mass is 489 g/mol. The largest absolute Gasteiger partial charge is 0.323 e. The first-order valence-corrected chi connectivity index (χ1v) is 11.0. The first kappa shape index (κ1) is 19.3. The third-order valence-electron chi connectivity index (χ3n) is 3.76. The molecule has 140 valence electrons. The molecule has 0 fully saturated rings. The molecule has 0 spiro atoms. The van der Waals surface area contributed by atoms with E-state index in [9.17, 15) is 4.79 Å². The van der Waals surface area contributed by atoms with Crippen molar-refractivity contribution in [3.63, 3.8) is 0 Å². The number of nitrogens with one attached hydrogen (secondary N) is 2. The van der Waals surface area contributed by atoms with Crippen molar-refractivity contribution in [2.45, 2.75) is 9.24 Å². The third kappa shape index (κ3) is 4.67. The summed E-state index contributed by atoms with van der Waals surface area (Å²) in [4.78, 5) is 17.7. The van der Waals surface area contributed by atoms with Crippen molar-refractivity contribution >= 4 is 78.3 Å². The van der Waals surface area contributed by atoms with E-state index in [4.69, 9.17) is 11.6 Å². The Morgan fingerprint density at radius 2 is 1.71 bits per heavy atom. The van der Waals surface area contributed by atoms with Gasteiger partial charge in [0.1, 0.15) is 0 Å². The van der Waals surface area contributed by atoms with Gasteiger partial charge in [0.2, 0.25) is 0 Å². The number of hydrogen-bond donors (Lipinski definition) is 2. The van der Waals surface area contributed by atoms with Crippen LogP contribution in [0.5, 0.6) is 0 Å². The maximum absolute atomic E-state index is 12.2. The summed E-state index contributed by atoms with van der Waals surface area (Å²) in [7, 11) is 0. The molecular formula is C20H13BrClN3OS2. The highest BCUT2D eigenvalue weighted by Crippen LogP contribution is 2.38. The summed E-state index contributed by atoms with van der Waals surface area (Å²) >= 11 is 12.9. The zero-order valence-corrected chi connectivity index (χ0v) is 18.3. The zero-order chi connectivity index (χ0) is 19.5. The van der Waals surface area contributed by atoms with Gasteiger partial charge in [-0.05, 0) is 54.6 Å². The Hall–Kier alpha value is -2.06. The molecule has 0 radical (unpaired) electrons. The number of aromatic nitrogens is 1. The fourth-order valence-electron chi connectivity index (χ4n) is 2.48. The van der Waals surface area contributed by atoms with Crippen molar-refractivity contribution in [3.05, 3.63) is 76.2 Å². The lowest BCUT2D eigenvalue weighted by Gasteiger charge is -2.09. The van der Waals surface area contributed by atoms with Gasteiger partial charge in [-0.3, -0.25) is 0 Å². The molecule has 0 unspecified atom stereocenters. The van der Waals surface area contributed by atoms with Crippen LogP contribution in [0.25, 0.3) is 10.2 Å². The van der Waals surface area contributed by atoms with E-state index in [1.807, 2.05) is 54.6 Å². The Kier molecular flexibility index (Phi) is 5.87. The van der Waals surface area contributed by atoms with Gasteiger partial charge in [0, 0.05) is 20.7 Å². The van der Waals surface area contributed by atoms with Crippen LogP contribution in [0.2, 0.25) is 5.02 Å². The fraction of sp³-hybridized carbons (Fsp3) is 0. The van der Waals surface area contributed by atoms with E-state index in [-0.39, 0.29) is 6.03 Å². The molecule has 0 aliphatic rings. The number of amides is 2. The zero-order valence-electron chi connectivity index (χ0n) is 14.3. The molecule has 0 aliphatic heterocycles. The Labute approximate surface area is 183 Å². The molecule has 1 aromatic heterocycles. The Balaban J connectivity index is 1.43. The van der Waals surface area contributed by atoms with Crippen molar-refractivity contribution in [1.82, 2.24) is 4.98 Å². The minimum atomic E-state index is -0.329. The summed E-state index contributed by atoms with van der Waals surface area (Å²) in [6, 6.07) is 20.5. The van der Waals surface area contributed by atoms with E-state index in [1.54, 1.807) is 17.4 Å². The number of halogens is 2. The van der Waals surface area contributed by atoms with Crippen LogP contribution < -0.4 is 10.6 Å². The number of thiazole rings is 1. The molecule has 0 atom stereocenters. The highest BCUT2D eigenvalue weighted by atomic mass is 79.9. The SMILES string of the molecule is O=C(Nc1ccc(Br)cc1)Nc1ccc(Sc2nc3ccccc3s2)c(Cl)c1. The van der Waals surface area contributed by atoms with E-state index < -0.39 is 0 Å². The highest BCUT2D eigenvalue weighted by Gasteiger charge is 2.10. The van der Waals surface area contributed by atoms with E-state index in [1.165, 1.54) is 11.8 Å². The predicted octanol–water partition coefficient (Wildman–Crippen LogP) is 7.51. The maximum Gasteiger partial charge on any atom is 0.323 e. The van der Waals surface area contributed by atoms with Crippen LogP contribution in [0.3, 0.4) is 0 Å². The smallest absolute Gasteiger partial charge is 0.308 e. The average molecular weight is 491 g/mol. The number of carbonyl (C=O) groups is 1. The summed E-state index contributed by atoms with van der Waals surface area (Å²) in [6.45, 7) is 0. The second-order valence-electron chi connectivity index (χ2n) is 5.78. The Morgan fingerprint density at radius 1 is 1.00 bits per heavy atom. The van der Waals surface area contributed by atoms with Crippen LogP contribution >= 0.6 is 50.6 Å². The topological polar surface area (TPSA) is 54.0 Å². The van der Waals surface area contributed by atoms with Gasteiger partial charge < -0.3 is 10.6 Å². The van der Waals surface area contributed by atoms with Crippen molar-refractivity contribution < 1.29 is 4.79 Å². The normalized spacial score (nSPS) is 10.8. The van der Waals surface area contributed by atoms with Gasteiger partial charge in [-0.25, -0.2) is 9.78 Å². The second-order valence-corrected chi connectivity index (χ2v) is 9.42. The number of benzene rings is 3. The predicted molar refractivity (Wildman–Crippen MR) is 122 cm³/mol. The summed E-state index contributed by atoms with van der Waals surface area (Å²) in [5, 5.41) is 6.13. The maximum atomic E-state index is 12.2. The number of carbonyl (C=O) groups excluding carboxylic acids is 1. The van der Waals surface area contributed by atoms with Crippen molar-refractivity contribution in [2.24, 2.45) is 0 Å². The van der Waals surface area contributed by atoms with E-state index in [2.05, 4.69) is 37.6 Å². The van der Waals surface area contributed by atoms with E-state index in [0.717, 1.165) is 23.9 Å². The van der Waals surface area contributed by atoms with Crippen molar-refractivity contribution in [1.29, 1.82) is 0 Å². The van der Waals surface area contributed by atoms with E-state index in [0.29, 0.717) is 16.4 Å². The number of nitrogens with zero attached hydrogens (tertiary/aromatic N) is 1. The van der Waals surface area contributed by atoms with Gasteiger partial charge in [-0.1, -0.05) is 51.4 Å². The lowest BCUT2D eigenvalue weighted by atomic mass is 10.3. The minimum absolute atomic E-state index is 0.329. The molecule has 0 bridgehead atoms. The number of rotatable bonds is 4. The average Bonchev–Trinajstić information content (AvgIpc) is 3.08. The number of para-hydroxylation sites is 1. The summed E-state index contributed by atoms with van der Waals surface area (Å²) in [6.07, 6.45) is 0. The molecule has 2 amide bonds. The molecule has 0 aliphatic carbocycles. The quantitative estimate of drug-likeness (QED) is 0.311. The Bertz CT molecular complexity index is 1110. The molecule has 0 saturated heterocycles. The highest BCUT2D eigenvalue weighted by molar-refractivity contribution is 9.10. The van der Waals surface area contributed by atoms with Gasteiger partial charge in [0.15, 0.2) is 4.34 Å². The summed E-state index contributed by atoms with van der Waals surface area (Å²) in [5.74, 6) is 0. The first-order chi connectivity index (χ1) is 13.6. The van der Waals surface area contributed by atoms with E-state index >= 15 is 0 Å². The standard InChI is InChI=1S/C20H13BrClN3OS2/c21-12-5-7-13(8-6-12)23-19(26)24-14-9-10-17(15(22)11-14)27-20-25-16-3-1-2-4-18(16)28-20/h1-11H,(H2,23,24,26). The van der Waals surface area contributed by atoms with Crippen LogP contribution in [0.1, 0.15) is 0 Å². The first-order valence-electron chi connectivity index (χ1n) is 8.23. The van der Waals surface area contributed by atoms with Crippen LogP contribution in [0.15, 0.2) is 80.4 Å². The van der Waals surface area contributed by atoms with Crippen LogP contribution in [-0.2, 0) is 0 Å². The number of hydrogen-bond acceptors (Lipinski definition) is 4. The van der Waals surface area contributed by atoms with Crippen LogP contribution in [-0.4, -0.2) is 11.0 Å². The fourth-order valence-corrected chi connectivity index (χ4v) is 5.06. The van der Waals surface area contributed by atoms with Gasteiger partial charge >= 0.3 is 6.03 Å². The minimum Gasteiger partial charge on any atom is -0.308 e. The van der Waals surface area contributed by atoms with Gasteiger partial charge in [0.25, 0.3) is 0 Å². The number of anilines is 2. The third-order valence-corrected chi connectivity index (χ3v) is 6.89. The molecule has 8 heteroatoms. The second kappa shape index (κ2) is 8.53. The molecule has 0 saturated carbocycles. The number of fused-ring (bicyclic) bond motifs is 1. The molecule has 4 rings (SSSR count). The molecule has 1 heterocycles. The van der Waals surface area contributed by atoms with Crippen LogP contribution in [0.4, 0.5) is 16.2 Å². The summed E-state index contributed by atoms with van der Waals surface area (Å²) < 4.78 is 3.02. The van der Waals surface area contributed by atoms with Gasteiger partial charge in [-0.15, -0.1) is 11.3 Å². The summed E-state index contributed by atoms with van der Waals surface area (Å²) in [5.41, 5.74) is 2.30. The van der Waals surface area contributed by atoms with Crippen LogP contribution in [0, 0.1) is 0 Å².